The molecule has 2 aromatic carbocycles. The Morgan fingerprint density at radius 2 is 1.92 bits per heavy atom. The molecular weight excluding hydrogens is 348 g/mol. The fourth-order valence-corrected chi connectivity index (χ4v) is 4.58. The maximum Gasteiger partial charge on any atom is 0.289 e. The predicted octanol–water partition coefficient (Wildman–Crippen LogP) is 3.07. The van der Waals surface area contributed by atoms with E-state index in [2.05, 4.69) is 24.3 Å². The molecule has 2 saturated heterocycles. The predicted molar refractivity (Wildman–Crippen MR) is 102 cm³/mol. The largest absolute Gasteiger partial charge is 0.341 e. The monoisotopic (exact) mass is 368 g/mol. The van der Waals surface area contributed by atoms with Gasteiger partial charge in [-0.3, -0.25) is 19.3 Å². The maximum atomic E-state index is 12.6. The van der Waals surface area contributed by atoms with Gasteiger partial charge in [-0.15, -0.1) is 0 Å². The van der Waals surface area contributed by atoms with Gasteiger partial charge in [-0.05, 0) is 29.2 Å². The Bertz CT molecular complexity index is 861. The third kappa shape index (κ3) is 3.21. The van der Waals surface area contributed by atoms with Gasteiger partial charge in [0, 0.05) is 19.5 Å². The summed E-state index contributed by atoms with van der Waals surface area (Å²) >= 11 is 1.05. The van der Waals surface area contributed by atoms with E-state index in [-0.39, 0.29) is 28.8 Å². The summed E-state index contributed by atoms with van der Waals surface area (Å²) in [6, 6.07) is 14.2. The first kappa shape index (κ1) is 17.1. The quantitative estimate of drug-likeness (QED) is 0.832. The summed E-state index contributed by atoms with van der Waals surface area (Å²) in [5.74, 6) is 0.187. The topological polar surface area (TPSA) is 57.7 Å². The van der Waals surface area contributed by atoms with Crippen molar-refractivity contribution in [2.45, 2.75) is 25.3 Å². The lowest BCUT2D eigenvalue weighted by Crippen LogP contribution is -2.41. The number of fused-ring (bicyclic) bond motifs is 1. The normalized spacial score (nSPS) is 20.4. The first-order chi connectivity index (χ1) is 12.6. The zero-order valence-corrected chi connectivity index (χ0v) is 15.2. The standard InChI is InChI=1S/C20H20N2O3S/c23-18(9-8-15-6-3-5-14-4-1-2-7-17(14)15)21-11-10-16(12-21)22-19(24)13-26-20(22)25/h1-7,16H,8-13H2/t16-/m0/s1. The van der Waals surface area contributed by atoms with Gasteiger partial charge in [0.2, 0.25) is 11.8 Å². The number of nitrogens with zero attached hydrogens (tertiary/aromatic N) is 2. The molecule has 0 aliphatic carbocycles. The molecule has 0 unspecified atom stereocenters. The van der Waals surface area contributed by atoms with Gasteiger partial charge in [-0.1, -0.05) is 54.2 Å². The van der Waals surface area contributed by atoms with E-state index in [1.807, 2.05) is 18.2 Å². The number of thioether (sulfide) groups is 1. The van der Waals surface area contributed by atoms with E-state index in [4.69, 9.17) is 0 Å². The number of carbonyl (C=O) groups excluding carboxylic acids is 3. The van der Waals surface area contributed by atoms with Gasteiger partial charge in [0.25, 0.3) is 5.24 Å². The van der Waals surface area contributed by atoms with Crippen LogP contribution in [0.25, 0.3) is 10.8 Å². The molecule has 3 amide bonds. The molecule has 0 aromatic heterocycles. The zero-order valence-electron chi connectivity index (χ0n) is 14.4. The molecule has 2 heterocycles. The third-order valence-corrected chi connectivity index (χ3v) is 5.99. The molecule has 0 bridgehead atoms. The molecule has 6 heteroatoms. The van der Waals surface area contributed by atoms with Crippen molar-refractivity contribution in [2.24, 2.45) is 0 Å². The van der Waals surface area contributed by atoms with Crippen molar-refractivity contribution in [1.29, 1.82) is 0 Å². The second-order valence-electron chi connectivity index (χ2n) is 6.74. The lowest BCUT2D eigenvalue weighted by atomic mass is 10.0. The van der Waals surface area contributed by atoms with E-state index in [0.29, 0.717) is 32.4 Å². The van der Waals surface area contributed by atoms with Crippen molar-refractivity contribution in [3.63, 3.8) is 0 Å². The number of hydrogen-bond acceptors (Lipinski definition) is 4. The number of amides is 3. The van der Waals surface area contributed by atoms with Gasteiger partial charge in [-0.25, -0.2) is 0 Å². The van der Waals surface area contributed by atoms with Crippen molar-refractivity contribution < 1.29 is 14.4 Å². The third-order valence-electron chi connectivity index (χ3n) is 5.15. The summed E-state index contributed by atoms with van der Waals surface area (Å²) in [5.41, 5.74) is 1.17. The summed E-state index contributed by atoms with van der Waals surface area (Å²) in [6.07, 6.45) is 1.81. The minimum Gasteiger partial charge on any atom is -0.341 e. The molecule has 2 aliphatic heterocycles. The number of hydrogen-bond donors (Lipinski definition) is 0. The number of imide groups is 1. The Hall–Kier alpha value is -2.34. The molecule has 134 valence electrons. The second-order valence-corrected chi connectivity index (χ2v) is 7.67. The van der Waals surface area contributed by atoms with Crippen molar-refractivity contribution in [2.75, 3.05) is 18.8 Å². The van der Waals surface area contributed by atoms with Crippen molar-refractivity contribution in [1.82, 2.24) is 9.80 Å². The molecule has 2 aliphatic rings. The van der Waals surface area contributed by atoms with Gasteiger partial charge >= 0.3 is 0 Å². The van der Waals surface area contributed by atoms with Crippen LogP contribution in [-0.4, -0.2) is 51.7 Å². The highest BCUT2D eigenvalue weighted by Crippen LogP contribution is 2.27. The van der Waals surface area contributed by atoms with Crippen LogP contribution in [0.4, 0.5) is 4.79 Å². The number of aryl methyl sites for hydroxylation is 1. The SMILES string of the molecule is O=C(CCc1cccc2ccccc12)N1CC[C@H](N2C(=O)CSC2=O)C1. The Morgan fingerprint density at radius 1 is 1.12 bits per heavy atom. The van der Waals surface area contributed by atoms with Gasteiger partial charge in [0.15, 0.2) is 0 Å². The van der Waals surface area contributed by atoms with Gasteiger partial charge in [0.1, 0.15) is 0 Å². The fraction of sp³-hybridized carbons (Fsp3) is 0.350. The van der Waals surface area contributed by atoms with Crippen LogP contribution in [0.15, 0.2) is 42.5 Å². The molecule has 2 fully saturated rings. The van der Waals surface area contributed by atoms with Crippen LogP contribution in [0.5, 0.6) is 0 Å². The molecule has 1 atom stereocenters. The first-order valence-electron chi connectivity index (χ1n) is 8.87. The van der Waals surface area contributed by atoms with E-state index in [9.17, 15) is 14.4 Å². The summed E-state index contributed by atoms with van der Waals surface area (Å²) in [5, 5.41) is 2.19. The highest BCUT2D eigenvalue weighted by Gasteiger charge is 2.40. The average Bonchev–Trinajstić information content (AvgIpc) is 3.26. The average molecular weight is 368 g/mol. The smallest absolute Gasteiger partial charge is 0.289 e. The summed E-state index contributed by atoms with van der Waals surface area (Å²) < 4.78 is 0. The van der Waals surface area contributed by atoms with Crippen LogP contribution in [0, 0.1) is 0 Å². The van der Waals surface area contributed by atoms with Crippen LogP contribution in [0.3, 0.4) is 0 Å². The Morgan fingerprint density at radius 3 is 2.73 bits per heavy atom. The minimum atomic E-state index is -0.176. The molecule has 0 N–H and O–H groups in total. The first-order valence-corrected chi connectivity index (χ1v) is 9.85. The lowest BCUT2D eigenvalue weighted by Gasteiger charge is -2.22. The number of carbonyl (C=O) groups is 3. The van der Waals surface area contributed by atoms with E-state index in [1.54, 1.807) is 4.90 Å². The molecule has 5 nitrogen and oxygen atoms in total. The molecule has 4 rings (SSSR count). The molecular formula is C20H20N2O3S. The van der Waals surface area contributed by atoms with Crippen LogP contribution < -0.4 is 0 Å². The Labute approximate surface area is 156 Å². The van der Waals surface area contributed by atoms with E-state index < -0.39 is 0 Å². The maximum absolute atomic E-state index is 12.6. The summed E-state index contributed by atoms with van der Waals surface area (Å²) in [7, 11) is 0. The van der Waals surface area contributed by atoms with Crippen LogP contribution in [0.2, 0.25) is 0 Å². The molecule has 0 radical (unpaired) electrons. The van der Waals surface area contributed by atoms with E-state index in [0.717, 1.165) is 11.8 Å². The van der Waals surface area contributed by atoms with Crippen LogP contribution in [-0.2, 0) is 16.0 Å². The molecule has 0 spiro atoms. The Kier molecular flexibility index (Phi) is 4.68. The van der Waals surface area contributed by atoms with Crippen LogP contribution in [0.1, 0.15) is 18.4 Å². The molecule has 0 saturated carbocycles. The summed E-state index contributed by atoms with van der Waals surface area (Å²) in [6.45, 7) is 1.08. The molecule has 2 aromatic rings. The lowest BCUT2D eigenvalue weighted by molar-refractivity contribution is -0.131. The Balaban J connectivity index is 1.38. The molecule has 26 heavy (non-hydrogen) atoms. The minimum absolute atomic E-state index is 0.0900. The number of benzene rings is 2. The fourth-order valence-electron chi connectivity index (χ4n) is 3.81. The van der Waals surface area contributed by atoms with Crippen molar-refractivity contribution in [3.8, 4) is 0 Å². The van der Waals surface area contributed by atoms with Gasteiger partial charge < -0.3 is 4.90 Å². The zero-order chi connectivity index (χ0) is 18.1. The number of rotatable bonds is 4. The second kappa shape index (κ2) is 7.11. The van der Waals surface area contributed by atoms with Gasteiger partial charge in [-0.2, -0.15) is 0 Å². The number of likely N-dealkylation sites (tertiary alicyclic amines) is 1. The van der Waals surface area contributed by atoms with Gasteiger partial charge in [0.05, 0.1) is 11.8 Å². The summed E-state index contributed by atoms with van der Waals surface area (Å²) in [4.78, 5) is 39.5. The van der Waals surface area contributed by atoms with Crippen LogP contribution >= 0.6 is 11.8 Å². The highest BCUT2D eigenvalue weighted by molar-refractivity contribution is 8.14. The van der Waals surface area contributed by atoms with E-state index in [1.165, 1.54) is 21.2 Å². The highest BCUT2D eigenvalue weighted by atomic mass is 32.2. The van der Waals surface area contributed by atoms with Crippen molar-refractivity contribution >= 4 is 39.6 Å². The van der Waals surface area contributed by atoms with E-state index >= 15 is 0 Å². The van der Waals surface area contributed by atoms with Crippen molar-refractivity contribution in [3.05, 3.63) is 48.0 Å².